The first-order valence-electron chi connectivity index (χ1n) is 5.47. The van der Waals surface area contributed by atoms with Crippen molar-refractivity contribution in [1.29, 1.82) is 0 Å². The Balaban J connectivity index is 1.77. The van der Waals surface area contributed by atoms with E-state index < -0.39 is 12.1 Å². The first-order chi connectivity index (χ1) is 6.89. The van der Waals surface area contributed by atoms with Gasteiger partial charge in [-0.25, -0.2) is 0 Å². The number of hydrogen-bond acceptors (Lipinski definition) is 2. The van der Waals surface area contributed by atoms with Gasteiger partial charge >= 0.3 is 6.18 Å². The number of hydrogen-bond donors (Lipinski definition) is 1. The van der Waals surface area contributed by atoms with Crippen molar-refractivity contribution >= 4 is 0 Å². The van der Waals surface area contributed by atoms with Crippen molar-refractivity contribution in [3.05, 3.63) is 0 Å². The lowest BCUT2D eigenvalue weighted by Gasteiger charge is -2.34. The summed E-state index contributed by atoms with van der Waals surface area (Å²) < 4.78 is 37.1. The molecule has 2 nitrogen and oxygen atoms in total. The van der Waals surface area contributed by atoms with E-state index in [2.05, 4.69) is 4.90 Å². The molecule has 1 saturated carbocycles. The number of rotatable bonds is 2. The SMILES string of the molecule is NC1(CN2CCC(C(F)(F)F)CC2)CC1. The van der Waals surface area contributed by atoms with Crippen LogP contribution in [0.25, 0.3) is 0 Å². The number of alkyl halides is 3. The number of likely N-dealkylation sites (tertiary alicyclic amines) is 1. The molecular formula is C10H17F3N2. The molecule has 0 aromatic carbocycles. The highest BCUT2D eigenvalue weighted by molar-refractivity contribution is 5.01. The molecule has 0 bridgehead atoms. The quantitative estimate of drug-likeness (QED) is 0.771. The Labute approximate surface area is 87.6 Å². The van der Waals surface area contributed by atoms with Gasteiger partial charge in [0.25, 0.3) is 0 Å². The topological polar surface area (TPSA) is 29.3 Å². The molecule has 1 aliphatic heterocycles. The summed E-state index contributed by atoms with van der Waals surface area (Å²) in [5.74, 6) is -1.10. The fraction of sp³-hybridized carbons (Fsp3) is 1.00. The second-order valence-electron chi connectivity index (χ2n) is 4.95. The average molecular weight is 222 g/mol. The minimum absolute atomic E-state index is 0.0783. The zero-order valence-corrected chi connectivity index (χ0v) is 8.69. The molecule has 2 aliphatic rings. The number of piperidine rings is 1. The maximum atomic E-state index is 12.4. The highest BCUT2D eigenvalue weighted by Crippen LogP contribution is 2.37. The maximum Gasteiger partial charge on any atom is 0.391 e. The van der Waals surface area contributed by atoms with E-state index in [-0.39, 0.29) is 18.4 Å². The number of halogens is 3. The van der Waals surface area contributed by atoms with Crippen LogP contribution in [0.4, 0.5) is 13.2 Å². The van der Waals surface area contributed by atoms with Gasteiger partial charge in [-0.05, 0) is 38.8 Å². The third-order valence-electron chi connectivity index (χ3n) is 3.48. The first kappa shape index (κ1) is 11.2. The third kappa shape index (κ3) is 2.84. The van der Waals surface area contributed by atoms with E-state index in [0.717, 1.165) is 19.4 Å². The smallest absolute Gasteiger partial charge is 0.324 e. The Kier molecular flexibility index (Phi) is 2.71. The molecular weight excluding hydrogens is 205 g/mol. The molecule has 1 saturated heterocycles. The summed E-state index contributed by atoms with van der Waals surface area (Å²) in [5.41, 5.74) is 5.86. The molecule has 0 atom stereocenters. The predicted molar refractivity (Wildman–Crippen MR) is 51.4 cm³/mol. The first-order valence-corrected chi connectivity index (χ1v) is 5.47. The molecule has 0 aromatic rings. The van der Waals surface area contributed by atoms with Gasteiger partial charge < -0.3 is 10.6 Å². The van der Waals surface area contributed by atoms with Crippen LogP contribution in [-0.4, -0.2) is 36.2 Å². The molecule has 5 heteroatoms. The van der Waals surface area contributed by atoms with E-state index in [1.54, 1.807) is 0 Å². The van der Waals surface area contributed by atoms with Gasteiger partial charge in [-0.15, -0.1) is 0 Å². The minimum Gasteiger partial charge on any atom is -0.324 e. The van der Waals surface area contributed by atoms with Gasteiger partial charge in [0.05, 0.1) is 5.92 Å². The van der Waals surface area contributed by atoms with Crippen LogP contribution in [0.3, 0.4) is 0 Å². The van der Waals surface area contributed by atoms with Gasteiger partial charge in [-0.2, -0.15) is 13.2 Å². The highest BCUT2D eigenvalue weighted by atomic mass is 19.4. The van der Waals surface area contributed by atoms with E-state index in [4.69, 9.17) is 5.73 Å². The van der Waals surface area contributed by atoms with Crippen molar-refractivity contribution in [3.63, 3.8) is 0 Å². The van der Waals surface area contributed by atoms with Crippen molar-refractivity contribution in [2.45, 2.75) is 37.4 Å². The molecule has 2 rings (SSSR count). The molecule has 2 N–H and O–H groups in total. The maximum absolute atomic E-state index is 12.4. The molecule has 0 radical (unpaired) electrons. The fourth-order valence-electron chi connectivity index (χ4n) is 2.18. The molecule has 88 valence electrons. The second kappa shape index (κ2) is 3.63. The van der Waals surface area contributed by atoms with Crippen LogP contribution < -0.4 is 5.73 Å². The van der Waals surface area contributed by atoms with Crippen molar-refractivity contribution in [2.24, 2.45) is 11.7 Å². The summed E-state index contributed by atoms with van der Waals surface area (Å²) in [5, 5.41) is 0. The molecule has 0 aromatic heterocycles. The van der Waals surface area contributed by atoms with Crippen molar-refractivity contribution in [2.75, 3.05) is 19.6 Å². The van der Waals surface area contributed by atoms with Crippen LogP contribution in [0.1, 0.15) is 25.7 Å². The predicted octanol–water partition coefficient (Wildman–Crippen LogP) is 1.75. The number of nitrogens with zero attached hydrogens (tertiary/aromatic N) is 1. The summed E-state index contributed by atoms with van der Waals surface area (Å²) in [6, 6.07) is 0. The Bertz CT molecular complexity index is 227. The van der Waals surface area contributed by atoms with E-state index >= 15 is 0 Å². The second-order valence-corrected chi connectivity index (χ2v) is 4.95. The summed E-state index contributed by atoms with van der Waals surface area (Å²) in [4.78, 5) is 2.08. The zero-order valence-electron chi connectivity index (χ0n) is 8.69. The standard InChI is InChI=1S/C10H17F3N2/c11-10(12,13)8-1-5-15(6-2-8)7-9(14)3-4-9/h8H,1-7,14H2. The van der Waals surface area contributed by atoms with Crippen molar-refractivity contribution in [3.8, 4) is 0 Å². The van der Waals surface area contributed by atoms with E-state index in [9.17, 15) is 13.2 Å². The highest BCUT2D eigenvalue weighted by Gasteiger charge is 2.44. The van der Waals surface area contributed by atoms with Gasteiger partial charge in [0.2, 0.25) is 0 Å². The summed E-state index contributed by atoms with van der Waals surface area (Å²) in [7, 11) is 0. The average Bonchev–Trinajstić information content (AvgIpc) is 2.82. The van der Waals surface area contributed by atoms with E-state index in [1.165, 1.54) is 0 Å². The lowest BCUT2D eigenvalue weighted by atomic mass is 9.96. The number of nitrogens with two attached hydrogens (primary N) is 1. The van der Waals surface area contributed by atoms with Gasteiger partial charge in [0, 0.05) is 12.1 Å². The minimum atomic E-state index is -4.01. The molecule has 0 amide bonds. The van der Waals surface area contributed by atoms with Gasteiger partial charge in [-0.3, -0.25) is 0 Å². The summed E-state index contributed by atoms with van der Waals surface area (Å²) in [6.45, 7) is 1.86. The van der Waals surface area contributed by atoms with Crippen LogP contribution in [-0.2, 0) is 0 Å². The molecule has 0 unspecified atom stereocenters. The van der Waals surface area contributed by atoms with Gasteiger partial charge in [-0.1, -0.05) is 0 Å². The Morgan fingerprint density at radius 2 is 1.73 bits per heavy atom. The summed E-state index contributed by atoms with van der Waals surface area (Å²) >= 11 is 0. The van der Waals surface area contributed by atoms with Crippen LogP contribution in [0.5, 0.6) is 0 Å². The fourth-order valence-corrected chi connectivity index (χ4v) is 2.18. The molecule has 1 aliphatic carbocycles. The van der Waals surface area contributed by atoms with Crippen LogP contribution in [0.15, 0.2) is 0 Å². The zero-order chi connectivity index (χ0) is 11.1. The lowest BCUT2D eigenvalue weighted by Crippen LogP contribution is -2.45. The van der Waals surface area contributed by atoms with Crippen LogP contribution in [0.2, 0.25) is 0 Å². The third-order valence-corrected chi connectivity index (χ3v) is 3.48. The molecule has 2 fully saturated rings. The molecule has 15 heavy (non-hydrogen) atoms. The normalized spacial score (nSPS) is 28.0. The van der Waals surface area contributed by atoms with Crippen molar-refractivity contribution in [1.82, 2.24) is 4.90 Å². The van der Waals surface area contributed by atoms with Crippen molar-refractivity contribution < 1.29 is 13.2 Å². The molecule has 0 spiro atoms. The largest absolute Gasteiger partial charge is 0.391 e. The summed E-state index contributed by atoms with van der Waals surface area (Å²) in [6.07, 6.45) is -1.50. The lowest BCUT2D eigenvalue weighted by molar-refractivity contribution is -0.185. The Hall–Kier alpha value is -0.290. The Morgan fingerprint density at radius 3 is 2.13 bits per heavy atom. The van der Waals surface area contributed by atoms with E-state index in [0.29, 0.717) is 13.1 Å². The molecule has 1 heterocycles. The van der Waals surface area contributed by atoms with E-state index in [1.807, 2.05) is 0 Å². The van der Waals surface area contributed by atoms with Gasteiger partial charge in [0.1, 0.15) is 0 Å². The van der Waals surface area contributed by atoms with Crippen LogP contribution in [0, 0.1) is 5.92 Å². The van der Waals surface area contributed by atoms with Gasteiger partial charge in [0.15, 0.2) is 0 Å². The Morgan fingerprint density at radius 1 is 1.20 bits per heavy atom. The van der Waals surface area contributed by atoms with Crippen LogP contribution >= 0.6 is 0 Å². The monoisotopic (exact) mass is 222 g/mol.